The summed E-state index contributed by atoms with van der Waals surface area (Å²) >= 11 is 6.49. The minimum absolute atomic E-state index is 0.0900. The minimum atomic E-state index is -4.47. The standard InChI is InChI=1S/C16H18ClF3N4O/c1-8-6-7-21-14-11(13(17)24(23(8)14)10-4-5-10)15(25)22-12(9-2-3-9)16(18,19)20/h6-7,9-10,12-13H,2-5H2,1H3,(H,22,25). The number of hydrogen-bond acceptors (Lipinski definition) is 4. The van der Waals surface area contributed by atoms with Crippen molar-refractivity contribution in [2.24, 2.45) is 10.9 Å². The number of carbonyl (C=O) groups is 1. The number of alkyl halides is 4. The van der Waals surface area contributed by atoms with Crippen molar-refractivity contribution in [1.29, 1.82) is 0 Å². The summed E-state index contributed by atoms with van der Waals surface area (Å²) in [4.78, 5) is 16.9. The summed E-state index contributed by atoms with van der Waals surface area (Å²) in [7, 11) is 0. The van der Waals surface area contributed by atoms with Gasteiger partial charge in [-0.15, -0.1) is 0 Å². The maximum absolute atomic E-state index is 13.2. The molecular weight excluding hydrogens is 357 g/mol. The molecule has 0 aromatic heterocycles. The number of allylic oxidation sites excluding steroid dienone is 2. The number of rotatable bonds is 4. The van der Waals surface area contributed by atoms with Gasteiger partial charge in [-0.1, -0.05) is 11.6 Å². The Labute approximate surface area is 148 Å². The van der Waals surface area contributed by atoms with Crippen molar-refractivity contribution in [1.82, 2.24) is 15.3 Å². The second-order valence-corrected chi connectivity index (χ2v) is 7.33. The second-order valence-electron chi connectivity index (χ2n) is 6.91. The summed E-state index contributed by atoms with van der Waals surface area (Å²) in [5.41, 5.74) is 0.0984. The first-order valence-electron chi connectivity index (χ1n) is 8.34. The average Bonchev–Trinajstić information content (AvgIpc) is 3.41. The highest BCUT2D eigenvalue weighted by Crippen LogP contribution is 2.45. The van der Waals surface area contributed by atoms with E-state index in [1.165, 1.54) is 6.21 Å². The predicted octanol–water partition coefficient (Wildman–Crippen LogP) is 2.90. The molecule has 0 bridgehead atoms. The first kappa shape index (κ1) is 16.9. The number of carbonyl (C=O) groups excluding carboxylic acids is 1. The molecule has 2 heterocycles. The topological polar surface area (TPSA) is 47.9 Å². The molecule has 4 rings (SSSR count). The van der Waals surface area contributed by atoms with E-state index in [1.54, 1.807) is 11.1 Å². The van der Waals surface area contributed by atoms with Crippen LogP contribution in [0.25, 0.3) is 0 Å². The predicted molar refractivity (Wildman–Crippen MR) is 86.3 cm³/mol. The summed E-state index contributed by atoms with van der Waals surface area (Å²) in [5, 5.41) is 5.76. The summed E-state index contributed by atoms with van der Waals surface area (Å²) in [6, 6.07) is -1.65. The molecule has 2 aliphatic carbocycles. The summed E-state index contributed by atoms with van der Waals surface area (Å²) in [6.45, 7) is 1.85. The monoisotopic (exact) mass is 374 g/mol. The van der Waals surface area contributed by atoms with Crippen LogP contribution >= 0.6 is 11.6 Å². The molecule has 4 aliphatic rings. The van der Waals surface area contributed by atoms with Crippen molar-refractivity contribution in [2.75, 3.05) is 0 Å². The van der Waals surface area contributed by atoms with Crippen LogP contribution in [0.2, 0.25) is 0 Å². The molecule has 136 valence electrons. The van der Waals surface area contributed by atoms with Crippen LogP contribution in [0.5, 0.6) is 0 Å². The molecule has 2 aliphatic heterocycles. The molecule has 25 heavy (non-hydrogen) atoms. The van der Waals surface area contributed by atoms with Crippen LogP contribution in [0, 0.1) is 5.92 Å². The van der Waals surface area contributed by atoms with Gasteiger partial charge in [-0.05, 0) is 44.6 Å². The molecule has 2 unspecified atom stereocenters. The van der Waals surface area contributed by atoms with Crippen LogP contribution in [0.4, 0.5) is 13.2 Å². The Morgan fingerprint density at radius 3 is 2.60 bits per heavy atom. The Balaban J connectivity index is 1.63. The molecule has 0 radical (unpaired) electrons. The Morgan fingerprint density at radius 2 is 2.04 bits per heavy atom. The first-order valence-corrected chi connectivity index (χ1v) is 8.78. The number of fused-ring (bicyclic) bond motifs is 1. The molecule has 0 spiro atoms. The van der Waals surface area contributed by atoms with Crippen molar-refractivity contribution < 1.29 is 18.0 Å². The number of hydrogen-bond donors (Lipinski definition) is 1. The highest BCUT2D eigenvalue weighted by molar-refractivity contribution is 6.26. The van der Waals surface area contributed by atoms with E-state index in [-0.39, 0.29) is 11.6 Å². The molecule has 0 aromatic rings. The normalized spacial score (nSPS) is 28.1. The van der Waals surface area contributed by atoms with E-state index in [2.05, 4.69) is 10.3 Å². The fourth-order valence-corrected chi connectivity index (χ4v) is 3.78. The maximum Gasteiger partial charge on any atom is 0.408 e. The zero-order chi connectivity index (χ0) is 17.9. The van der Waals surface area contributed by atoms with Crippen LogP contribution in [-0.4, -0.2) is 45.9 Å². The van der Waals surface area contributed by atoms with E-state index in [1.807, 2.05) is 11.9 Å². The zero-order valence-electron chi connectivity index (χ0n) is 13.6. The molecule has 0 aromatic carbocycles. The Morgan fingerprint density at radius 1 is 1.36 bits per heavy atom. The van der Waals surface area contributed by atoms with Gasteiger partial charge in [0, 0.05) is 18.0 Å². The van der Waals surface area contributed by atoms with E-state index < -0.39 is 29.5 Å². The lowest BCUT2D eigenvalue weighted by molar-refractivity contribution is -0.164. The third-order valence-electron chi connectivity index (χ3n) is 4.89. The third kappa shape index (κ3) is 2.95. The fraction of sp³-hybridized carbons (Fsp3) is 0.625. The number of aliphatic imine (C=N–C) groups is 1. The fourth-order valence-electron chi connectivity index (χ4n) is 3.34. The van der Waals surface area contributed by atoms with Gasteiger partial charge in [-0.25, -0.2) is 4.99 Å². The summed E-state index contributed by atoms with van der Waals surface area (Å²) in [6.07, 6.45) is 1.67. The lowest BCUT2D eigenvalue weighted by Gasteiger charge is -2.34. The lowest BCUT2D eigenvalue weighted by atomic mass is 10.1. The van der Waals surface area contributed by atoms with Crippen LogP contribution in [0.1, 0.15) is 32.6 Å². The van der Waals surface area contributed by atoms with Crippen molar-refractivity contribution in [3.8, 4) is 0 Å². The largest absolute Gasteiger partial charge is 0.408 e. The maximum atomic E-state index is 13.2. The molecule has 5 nitrogen and oxygen atoms in total. The van der Waals surface area contributed by atoms with Crippen LogP contribution < -0.4 is 5.32 Å². The third-order valence-corrected chi connectivity index (χ3v) is 5.31. The molecule has 1 N–H and O–H groups in total. The van der Waals surface area contributed by atoms with Gasteiger partial charge < -0.3 is 5.32 Å². The summed E-state index contributed by atoms with van der Waals surface area (Å²) in [5.74, 6) is -1.01. The number of nitrogens with one attached hydrogen (secondary N) is 1. The van der Waals surface area contributed by atoms with Crippen LogP contribution in [-0.2, 0) is 4.79 Å². The number of amides is 1. The molecule has 9 heteroatoms. The quantitative estimate of drug-likeness (QED) is 0.608. The lowest BCUT2D eigenvalue weighted by Crippen LogP contribution is -2.48. The Bertz CT molecular complexity index is 694. The van der Waals surface area contributed by atoms with Crippen molar-refractivity contribution in [3.63, 3.8) is 0 Å². The van der Waals surface area contributed by atoms with Gasteiger partial charge in [-0.2, -0.15) is 18.2 Å². The number of nitrogens with zero attached hydrogens (tertiary/aromatic N) is 3. The van der Waals surface area contributed by atoms with Crippen molar-refractivity contribution in [2.45, 2.75) is 56.4 Å². The molecule has 2 saturated carbocycles. The Kier molecular flexibility index (Phi) is 3.88. The van der Waals surface area contributed by atoms with Crippen LogP contribution in [0.3, 0.4) is 0 Å². The minimum Gasteiger partial charge on any atom is -0.340 e. The van der Waals surface area contributed by atoms with Gasteiger partial charge in [0.2, 0.25) is 0 Å². The van der Waals surface area contributed by atoms with Gasteiger partial charge >= 0.3 is 6.18 Å². The first-order chi connectivity index (χ1) is 11.8. The van der Waals surface area contributed by atoms with E-state index in [4.69, 9.17) is 11.6 Å². The van der Waals surface area contributed by atoms with E-state index in [0.717, 1.165) is 18.5 Å². The molecular formula is C16H18ClF3N4O. The molecule has 2 atom stereocenters. The van der Waals surface area contributed by atoms with E-state index >= 15 is 0 Å². The Hall–Kier alpha value is -1.54. The van der Waals surface area contributed by atoms with Crippen molar-refractivity contribution in [3.05, 3.63) is 23.2 Å². The van der Waals surface area contributed by atoms with Gasteiger partial charge in [0.15, 0.2) is 5.82 Å². The van der Waals surface area contributed by atoms with Crippen molar-refractivity contribution >= 4 is 23.7 Å². The van der Waals surface area contributed by atoms with E-state index in [0.29, 0.717) is 18.7 Å². The summed E-state index contributed by atoms with van der Waals surface area (Å²) < 4.78 is 39.7. The van der Waals surface area contributed by atoms with Crippen LogP contribution in [0.15, 0.2) is 28.2 Å². The SMILES string of the molecule is CC1=CC=NC2=C(C(=O)NC(C3CC3)C(F)(F)F)C(Cl)N(C3CC3)N12. The molecule has 2 fully saturated rings. The second kappa shape index (κ2) is 5.74. The van der Waals surface area contributed by atoms with Gasteiger partial charge in [0.25, 0.3) is 5.91 Å². The number of hydrazine groups is 1. The smallest absolute Gasteiger partial charge is 0.340 e. The van der Waals surface area contributed by atoms with Gasteiger partial charge in [0.05, 0.1) is 5.57 Å². The van der Waals surface area contributed by atoms with Gasteiger partial charge in [0.1, 0.15) is 11.5 Å². The zero-order valence-corrected chi connectivity index (χ0v) is 14.3. The molecule has 1 amide bonds. The average molecular weight is 375 g/mol. The highest BCUT2D eigenvalue weighted by atomic mass is 35.5. The highest BCUT2D eigenvalue weighted by Gasteiger charge is 2.53. The molecule has 0 saturated heterocycles. The van der Waals surface area contributed by atoms with Gasteiger partial charge in [-0.3, -0.25) is 9.80 Å². The van der Waals surface area contributed by atoms with E-state index in [9.17, 15) is 18.0 Å². The number of halogens is 4.